The zero-order valence-electron chi connectivity index (χ0n) is 14.7. The molecule has 1 N–H and O–H groups in total. The molecule has 2 nitrogen and oxygen atoms in total. The summed E-state index contributed by atoms with van der Waals surface area (Å²) in [5.41, 5.74) is 2.86. The highest BCUT2D eigenvalue weighted by atomic mass is 15.2. The molecule has 0 fully saturated rings. The molecule has 0 aliphatic carbocycles. The number of rotatable bonds is 10. The van der Waals surface area contributed by atoms with E-state index in [0.29, 0.717) is 6.04 Å². The first-order chi connectivity index (χ1) is 10.1. The van der Waals surface area contributed by atoms with Gasteiger partial charge in [0.2, 0.25) is 0 Å². The lowest BCUT2D eigenvalue weighted by molar-refractivity contribution is 0.157. The molecule has 1 rings (SSSR count). The fraction of sp³-hybridized carbons (Fsp3) is 0.684. The molecule has 0 radical (unpaired) electrons. The van der Waals surface area contributed by atoms with Crippen LogP contribution in [0.5, 0.6) is 0 Å². The van der Waals surface area contributed by atoms with Crippen LogP contribution in [0.15, 0.2) is 24.3 Å². The van der Waals surface area contributed by atoms with E-state index >= 15 is 0 Å². The second kappa shape index (κ2) is 9.97. The summed E-state index contributed by atoms with van der Waals surface area (Å²) >= 11 is 0. The summed E-state index contributed by atoms with van der Waals surface area (Å²) in [4.78, 5) is 2.66. The third-order valence-corrected chi connectivity index (χ3v) is 4.13. The largest absolute Gasteiger partial charge is 0.319 e. The van der Waals surface area contributed by atoms with E-state index in [0.717, 1.165) is 25.4 Å². The lowest BCUT2D eigenvalue weighted by Gasteiger charge is -2.32. The molecule has 0 saturated carbocycles. The minimum absolute atomic E-state index is 0.705. The Morgan fingerprint density at radius 1 is 1.00 bits per heavy atom. The van der Waals surface area contributed by atoms with E-state index in [1.165, 1.54) is 30.5 Å². The Morgan fingerprint density at radius 2 is 1.57 bits per heavy atom. The first-order valence-corrected chi connectivity index (χ1v) is 8.57. The minimum Gasteiger partial charge on any atom is -0.319 e. The number of hydrogen-bond donors (Lipinski definition) is 1. The predicted molar refractivity (Wildman–Crippen MR) is 93.7 cm³/mol. The van der Waals surface area contributed by atoms with Gasteiger partial charge in [-0.05, 0) is 49.9 Å². The van der Waals surface area contributed by atoms with Crippen LogP contribution in [0, 0.1) is 5.92 Å². The topological polar surface area (TPSA) is 15.3 Å². The van der Waals surface area contributed by atoms with E-state index in [9.17, 15) is 0 Å². The molecule has 1 aromatic rings. The van der Waals surface area contributed by atoms with Gasteiger partial charge in [-0.3, -0.25) is 4.90 Å². The van der Waals surface area contributed by atoms with Crippen LogP contribution in [0.1, 0.15) is 51.7 Å². The van der Waals surface area contributed by atoms with Crippen LogP contribution in [-0.2, 0) is 13.0 Å². The van der Waals surface area contributed by atoms with Gasteiger partial charge in [-0.25, -0.2) is 0 Å². The van der Waals surface area contributed by atoms with Gasteiger partial charge in [0, 0.05) is 19.1 Å². The number of nitrogens with zero attached hydrogens (tertiary/aromatic N) is 1. The molecule has 21 heavy (non-hydrogen) atoms. The van der Waals surface area contributed by atoms with Gasteiger partial charge in [-0.2, -0.15) is 0 Å². The second-order valence-corrected chi connectivity index (χ2v) is 6.46. The maximum Gasteiger partial charge on any atom is 0.0236 e. The van der Waals surface area contributed by atoms with Crippen LogP contribution in [0.4, 0.5) is 0 Å². The van der Waals surface area contributed by atoms with Crippen molar-refractivity contribution < 1.29 is 0 Å². The van der Waals surface area contributed by atoms with Crippen molar-refractivity contribution in [1.82, 2.24) is 10.2 Å². The quantitative estimate of drug-likeness (QED) is 0.698. The Labute approximate surface area is 131 Å². The first kappa shape index (κ1) is 18.2. The first-order valence-electron chi connectivity index (χ1n) is 8.57. The van der Waals surface area contributed by atoms with Crippen LogP contribution >= 0.6 is 0 Å². The van der Waals surface area contributed by atoms with Crippen molar-refractivity contribution in [3.8, 4) is 0 Å². The van der Waals surface area contributed by atoms with Crippen LogP contribution in [-0.4, -0.2) is 31.1 Å². The molecule has 0 bridgehead atoms. The van der Waals surface area contributed by atoms with E-state index in [-0.39, 0.29) is 0 Å². The van der Waals surface area contributed by atoms with Gasteiger partial charge >= 0.3 is 0 Å². The monoisotopic (exact) mass is 290 g/mol. The third kappa shape index (κ3) is 6.62. The number of nitrogens with one attached hydrogen (secondary N) is 1. The van der Waals surface area contributed by atoms with Crippen LogP contribution in [0.2, 0.25) is 0 Å². The molecule has 0 saturated heterocycles. The van der Waals surface area contributed by atoms with Crippen LogP contribution in [0.3, 0.4) is 0 Å². The van der Waals surface area contributed by atoms with E-state index in [1.54, 1.807) is 0 Å². The average molecular weight is 290 g/mol. The highest BCUT2D eigenvalue weighted by Gasteiger charge is 2.16. The molecule has 2 heteroatoms. The van der Waals surface area contributed by atoms with Crippen molar-refractivity contribution >= 4 is 0 Å². The molecular formula is C19H34N2. The Kier molecular flexibility index (Phi) is 8.63. The summed E-state index contributed by atoms with van der Waals surface area (Å²) < 4.78 is 0. The molecule has 0 unspecified atom stereocenters. The Hall–Kier alpha value is -0.860. The molecule has 1 aromatic carbocycles. The van der Waals surface area contributed by atoms with Crippen molar-refractivity contribution in [1.29, 1.82) is 0 Å². The highest BCUT2D eigenvalue weighted by Crippen LogP contribution is 2.16. The predicted octanol–water partition coefficient (Wildman–Crippen LogP) is 4.10. The molecule has 0 spiro atoms. The lowest BCUT2D eigenvalue weighted by Crippen LogP contribution is -2.36. The number of hydrogen-bond acceptors (Lipinski definition) is 2. The molecular weight excluding hydrogens is 256 g/mol. The number of likely N-dealkylation sites (N-methyl/N-ethyl adjacent to an activating group) is 1. The van der Waals surface area contributed by atoms with Crippen molar-refractivity contribution in [3.63, 3.8) is 0 Å². The average Bonchev–Trinajstić information content (AvgIpc) is 2.47. The van der Waals surface area contributed by atoms with Crippen molar-refractivity contribution in [2.24, 2.45) is 5.92 Å². The third-order valence-electron chi connectivity index (χ3n) is 4.13. The highest BCUT2D eigenvalue weighted by molar-refractivity contribution is 5.22. The summed E-state index contributed by atoms with van der Waals surface area (Å²) in [5, 5.41) is 3.21. The van der Waals surface area contributed by atoms with Gasteiger partial charge in [0.05, 0.1) is 0 Å². The van der Waals surface area contributed by atoms with Gasteiger partial charge in [-0.15, -0.1) is 0 Å². The van der Waals surface area contributed by atoms with E-state index in [1.807, 2.05) is 7.05 Å². The zero-order chi connectivity index (χ0) is 15.7. The van der Waals surface area contributed by atoms with E-state index in [2.05, 4.69) is 62.2 Å². The second-order valence-electron chi connectivity index (χ2n) is 6.46. The smallest absolute Gasteiger partial charge is 0.0236 e. The van der Waals surface area contributed by atoms with E-state index in [4.69, 9.17) is 0 Å². The van der Waals surface area contributed by atoms with Gasteiger partial charge in [0.25, 0.3) is 0 Å². The Bertz CT molecular complexity index is 366. The Balaban J connectivity index is 2.68. The fourth-order valence-electron chi connectivity index (χ4n) is 2.93. The summed E-state index contributed by atoms with van der Waals surface area (Å²) in [6.45, 7) is 12.6. The fourth-order valence-corrected chi connectivity index (χ4v) is 2.93. The summed E-state index contributed by atoms with van der Waals surface area (Å²) in [5.74, 6) is 0.723. The van der Waals surface area contributed by atoms with Crippen LogP contribution in [0.25, 0.3) is 0 Å². The normalized spacial score (nSPS) is 11.8. The Morgan fingerprint density at radius 3 is 2.05 bits per heavy atom. The maximum absolute atomic E-state index is 3.21. The molecule has 0 aliphatic heterocycles. The molecule has 0 aliphatic rings. The summed E-state index contributed by atoms with van der Waals surface area (Å²) in [7, 11) is 2.01. The van der Waals surface area contributed by atoms with Crippen LogP contribution < -0.4 is 5.32 Å². The lowest BCUT2D eigenvalue weighted by atomic mass is 10.0. The van der Waals surface area contributed by atoms with Crippen molar-refractivity contribution in [3.05, 3.63) is 35.4 Å². The van der Waals surface area contributed by atoms with Gasteiger partial charge < -0.3 is 5.32 Å². The molecule has 0 aromatic heterocycles. The van der Waals surface area contributed by atoms with E-state index < -0.39 is 0 Å². The standard InChI is InChI=1S/C19H34N2/c1-6-19(7-2)21(14-16(3)4)15-18-10-8-17(9-11-18)12-13-20-5/h8-11,16,19-20H,6-7,12-15H2,1-5H3. The van der Waals surface area contributed by atoms with Gasteiger partial charge in [-0.1, -0.05) is 52.0 Å². The minimum atomic E-state index is 0.705. The SMILES string of the molecule is CCC(CC)N(Cc1ccc(CCNC)cc1)CC(C)C. The van der Waals surface area contributed by atoms with Crippen molar-refractivity contribution in [2.75, 3.05) is 20.1 Å². The maximum atomic E-state index is 3.21. The number of benzene rings is 1. The van der Waals surface area contributed by atoms with Crippen molar-refractivity contribution in [2.45, 2.75) is 59.5 Å². The molecule has 0 atom stereocenters. The summed E-state index contributed by atoms with van der Waals surface area (Å²) in [6, 6.07) is 9.89. The van der Waals surface area contributed by atoms with Gasteiger partial charge in [0.1, 0.15) is 0 Å². The molecule has 0 heterocycles. The summed E-state index contributed by atoms with van der Waals surface area (Å²) in [6.07, 6.45) is 3.59. The molecule has 120 valence electrons. The zero-order valence-corrected chi connectivity index (χ0v) is 14.7. The molecule has 0 amide bonds. The van der Waals surface area contributed by atoms with Gasteiger partial charge in [0.15, 0.2) is 0 Å².